The van der Waals surface area contributed by atoms with E-state index in [2.05, 4.69) is 4.90 Å². The molecule has 1 atom stereocenters. The van der Waals surface area contributed by atoms with Gasteiger partial charge in [0.25, 0.3) is 0 Å². The van der Waals surface area contributed by atoms with Crippen LogP contribution in [0.1, 0.15) is 25.0 Å². The first-order valence-electron chi connectivity index (χ1n) is 10.5. The summed E-state index contributed by atoms with van der Waals surface area (Å²) >= 11 is 0. The van der Waals surface area contributed by atoms with Crippen LogP contribution in [-0.2, 0) is 21.4 Å². The molecular formula is C23H31N3O3S. The number of piperazine rings is 1. The molecule has 1 fully saturated rings. The lowest BCUT2D eigenvalue weighted by atomic mass is 10.1. The number of amides is 1. The van der Waals surface area contributed by atoms with Crippen LogP contribution in [0.25, 0.3) is 0 Å². The molecule has 6 nitrogen and oxygen atoms in total. The predicted molar refractivity (Wildman–Crippen MR) is 119 cm³/mol. The Hall–Kier alpha value is -2.22. The van der Waals surface area contributed by atoms with Crippen molar-refractivity contribution in [1.82, 2.24) is 14.1 Å². The van der Waals surface area contributed by atoms with E-state index in [0.717, 1.165) is 11.1 Å². The highest BCUT2D eigenvalue weighted by atomic mass is 32.2. The quantitative estimate of drug-likeness (QED) is 0.679. The molecule has 2 aromatic carbocycles. The van der Waals surface area contributed by atoms with Gasteiger partial charge in [-0.2, -0.15) is 4.31 Å². The molecule has 3 rings (SSSR count). The van der Waals surface area contributed by atoms with Gasteiger partial charge >= 0.3 is 0 Å². The van der Waals surface area contributed by atoms with Gasteiger partial charge in [-0.3, -0.25) is 9.69 Å². The van der Waals surface area contributed by atoms with E-state index in [1.54, 1.807) is 12.1 Å². The van der Waals surface area contributed by atoms with Crippen molar-refractivity contribution in [2.75, 3.05) is 32.7 Å². The summed E-state index contributed by atoms with van der Waals surface area (Å²) < 4.78 is 27.3. The second kappa shape index (κ2) is 9.73. The maximum Gasteiger partial charge on any atom is 0.243 e. The van der Waals surface area contributed by atoms with Crippen LogP contribution in [0.2, 0.25) is 0 Å². The molecule has 1 saturated heterocycles. The third-order valence-electron chi connectivity index (χ3n) is 5.75. The first kappa shape index (κ1) is 22.5. The van der Waals surface area contributed by atoms with Crippen LogP contribution in [0.3, 0.4) is 0 Å². The first-order valence-corrected chi connectivity index (χ1v) is 11.9. The SMILES string of the molecule is CCN(Cc1ccccc1)C(=O)[C@H](C)N1CCN(S(=O)(=O)c2ccc(C)cc2)CC1. The average Bonchev–Trinajstić information content (AvgIpc) is 2.77. The standard InChI is InChI=1S/C23H31N3O3S/c1-4-24(18-21-8-6-5-7-9-21)23(27)20(3)25-14-16-26(17-15-25)30(28,29)22-12-10-19(2)11-13-22/h5-13,20H,4,14-18H2,1-3H3/t20-/m0/s1. The molecule has 0 aliphatic carbocycles. The Kier molecular flexibility index (Phi) is 7.28. The molecule has 1 aliphatic heterocycles. The van der Waals surface area contributed by atoms with Crippen molar-refractivity contribution < 1.29 is 13.2 Å². The normalized spacial score (nSPS) is 16.9. The van der Waals surface area contributed by atoms with E-state index >= 15 is 0 Å². The van der Waals surface area contributed by atoms with Crippen molar-refractivity contribution in [2.24, 2.45) is 0 Å². The molecule has 0 spiro atoms. The number of carbonyl (C=O) groups excluding carboxylic acids is 1. The van der Waals surface area contributed by atoms with Crippen molar-refractivity contribution in [3.05, 3.63) is 65.7 Å². The number of nitrogens with zero attached hydrogens (tertiary/aromatic N) is 3. The Labute approximate surface area is 180 Å². The largest absolute Gasteiger partial charge is 0.337 e. The second-order valence-electron chi connectivity index (χ2n) is 7.77. The highest BCUT2D eigenvalue weighted by molar-refractivity contribution is 7.89. The minimum atomic E-state index is -3.50. The molecule has 0 saturated carbocycles. The molecule has 0 aromatic heterocycles. The summed E-state index contributed by atoms with van der Waals surface area (Å²) in [5, 5.41) is 0. The molecule has 2 aromatic rings. The van der Waals surface area contributed by atoms with Crippen LogP contribution < -0.4 is 0 Å². The van der Waals surface area contributed by atoms with Crippen molar-refractivity contribution in [1.29, 1.82) is 0 Å². The van der Waals surface area contributed by atoms with Crippen LogP contribution in [0.5, 0.6) is 0 Å². The Bertz CT molecular complexity index is 937. The van der Waals surface area contributed by atoms with E-state index in [4.69, 9.17) is 0 Å². The average molecular weight is 430 g/mol. The zero-order chi connectivity index (χ0) is 21.7. The zero-order valence-electron chi connectivity index (χ0n) is 18.0. The van der Waals surface area contributed by atoms with E-state index in [-0.39, 0.29) is 11.9 Å². The third-order valence-corrected chi connectivity index (χ3v) is 7.66. The third kappa shape index (κ3) is 5.09. The number of hydrogen-bond donors (Lipinski definition) is 0. The molecule has 1 aliphatic rings. The maximum atomic E-state index is 13.1. The van der Waals surface area contributed by atoms with Gasteiger partial charge < -0.3 is 4.90 Å². The Morgan fingerprint density at radius 3 is 2.17 bits per heavy atom. The lowest BCUT2D eigenvalue weighted by Crippen LogP contribution is -2.55. The number of aryl methyl sites for hydroxylation is 1. The van der Waals surface area contributed by atoms with Crippen molar-refractivity contribution >= 4 is 15.9 Å². The van der Waals surface area contributed by atoms with Crippen LogP contribution in [0.15, 0.2) is 59.5 Å². The Morgan fingerprint density at radius 1 is 1.00 bits per heavy atom. The van der Waals surface area contributed by atoms with Crippen molar-refractivity contribution in [3.63, 3.8) is 0 Å². The molecule has 1 heterocycles. The van der Waals surface area contributed by atoms with Gasteiger partial charge in [0.05, 0.1) is 10.9 Å². The van der Waals surface area contributed by atoms with E-state index in [0.29, 0.717) is 44.2 Å². The van der Waals surface area contributed by atoms with E-state index in [9.17, 15) is 13.2 Å². The zero-order valence-corrected chi connectivity index (χ0v) is 18.8. The van der Waals surface area contributed by atoms with Gasteiger partial charge in [0.1, 0.15) is 0 Å². The van der Waals surface area contributed by atoms with Crippen molar-refractivity contribution in [3.8, 4) is 0 Å². The molecule has 0 unspecified atom stereocenters. The van der Waals surface area contributed by atoms with Gasteiger partial charge in [0.2, 0.25) is 15.9 Å². The fraction of sp³-hybridized carbons (Fsp3) is 0.435. The van der Waals surface area contributed by atoms with E-state index in [1.807, 2.05) is 68.1 Å². The Morgan fingerprint density at radius 2 is 1.60 bits per heavy atom. The Balaban J connectivity index is 1.60. The summed E-state index contributed by atoms with van der Waals surface area (Å²) in [6.45, 7) is 8.92. The fourth-order valence-corrected chi connectivity index (χ4v) is 5.18. The van der Waals surface area contributed by atoms with Crippen molar-refractivity contribution in [2.45, 2.75) is 38.3 Å². The monoisotopic (exact) mass is 429 g/mol. The van der Waals surface area contributed by atoms with Crippen LogP contribution in [0.4, 0.5) is 0 Å². The van der Waals surface area contributed by atoms with E-state index < -0.39 is 10.0 Å². The summed E-state index contributed by atoms with van der Waals surface area (Å²) in [4.78, 5) is 17.3. The predicted octanol–water partition coefficient (Wildman–Crippen LogP) is 2.74. The topological polar surface area (TPSA) is 60.9 Å². The van der Waals surface area contributed by atoms with Crippen LogP contribution in [-0.4, -0.2) is 67.2 Å². The minimum absolute atomic E-state index is 0.0798. The van der Waals surface area contributed by atoms with E-state index in [1.165, 1.54) is 4.31 Å². The number of carbonyl (C=O) groups is 1. The maximum absolute atomic E-state index is 13.1. The summed E-state index contributed by atoms with van der Waals surface area (Å²) in [6, 6.07) is 16.6. The lowest BCUT2D eigenvalue weighted by molar-refractivity contribution is -0.137. The lowest BCUT2D eigenvalue weighted by Gasteiger charge is -2.38. The molecule has 1 amide bonds. The number of benzene rings is 2. The second-order valence-corrected chi connectivity index (χ2v) is 9.71. The summed E-state index contributed by atoms with van der Waals surface area (Å²) in [5.74, 6) is 0.0798. The number of sulfonamides is 1. The number of rotatable bonds is 7. The summed E-state index contributed by atoms with van der Waals surface area (Å²) in [5.41, 5.74) is 2.14. The molecule has 30 heavy (non-hydrogen) atoms. The van der Waals surface area contributed by atoms with Gasteiger partial charge in [0, 0.05) is 39.3 Å². The molecule has 7 heteroatoms. The molecule has 162 valence electrons. The van der Waals surface area contributed by atoms with Crippen LogP contribution in [0, 0.1) is 6.92 Å². The first-order chi connectivity index (χ1) is 14.3. The highest BCUT2D eigenvalue weighted by Crippen LogP contribution is 2.19. The highest BCUT2D eigenvalue weighted by Gasteiger charge is 2.32. The van der Waals surface area contributed by atoms with Gasteiger partial charge in [-0.1, -0.05) is 48.0 Å². The van der Waals surface area contributed by atoms with Crippen LogP contribution >= 0.6 is 0 Å². The number of hydrogen-bond acceptors (Lipinski definition) is 4. The fourth-order valence-electron chi connectivity index (χ4n) is 3.76. The smallest absolute Gasteiger partial charge is 0.243 e. The molecule has 0 radical (unpaired) electrons. The minimum Gasteiger partial charge on any atom is -0.337 e. The van der Waals surface area contributed by atoms with Gasteiger partial charge in [0.15, 0.2) is 0 Å². The van der Waals surface area contributed by atoms with Gasteiger partial charge in [-0.25, -0.2) is 8.42 Å². The molecule has 0 N–H and O–H groups in total. The molecule has 0 bridgehead atoms. The number of likely N-dealkylation sites (N-methyl/N-ethyl adjacent to an activating group) is 1. The molecular weight excluding hydrogens is 398 g/mol. The van der Waals surface area contributed by atoms with Gasteiger partial charge in [-0.15, -0.1) is 0 Å². The summed E-state index contributed by atoms with van der Waals surface area (Å²) in [7, 11) is -3.50. The van der Waals surface area contributed by atoms with Gasteiger partial charge in [-0.05, 0) is 38.5 Å². The summed E-state index contributed by atoms with van der Waals surface area (Å²) in [6.07, 6.45) is 0.